The third kappa shape index (κ3) is 4.14. The van der Waals surface area contributed by atoms with Crippen LogP contribution >= 0.6 is 12.2 Å². The summed E-state index contributed by atoms with van der Waals surface area (Å²) in [7, 11) is 0. The van der Waals surface area contributed by atoms with Crippen LogP contribution in [0.4, 0.5) is 5.69 Å². The highest BCUT2D eigenvalue weighted by molar-refractivity contribution is 7.78. The van der Waals surface area contributed by atoms with Gasteiger partial charge in [-0.3, -0.25) is 0 Å². The Balaban J connectivity index is 1.66. The van der Waals surface area contributed by atoms with E-state index in [1.165, 1.54) is 44.1 Å². The van der Waals surface area contributed by atoms with Crippen molar-refractivity contribution in [3.8, 4) is 11.4 Å². The van der Waals surface area contributed by atoms with Crippen LogP contribution in [0.25, 0.3) is 11.4 Å². The molecule has 124 valence electrons. The number of isothiocyanates is 1. The molecule has 24 heavy (non-hydrogen) atoms. The maximum atomic E-state index is 4.59. The Morgan fingerprint density at radius 1 is 1.08 bits per heavy atom. The average Bonchev–Trinajstić information content (AvgIpc) is 2.64. The molecule has 0 amide bonds. The topological polar surface area (TPSA) is 38.1 Å². The Morgan fingerprint density at radius 3 is 2.33 bits per heavy atom. The highest BCUT2D eigenvalue weighted by Gasteiger charge is 2.21. The van der Waals surface area contributed by atoms with E-state index in [0.29, 0.717) is 11.6 Å². The second-order valence-electron chi connectivity index (χ2n) is 6.60. The largest absolute Gasteiger partial charge is 0.234 e. The number of thiocarbonyl (C=S) groups is 1. The van der Waals surface area contributed by atoms with Crippen molar-refractivity contribution in [1.29, 1.82) is 0 Å². The number of hydrogen-bond donors (Lipinski definition) is 0. The van der Waals surface area contributed by atoms with E-state index in [4.69, 9.17) is 0 Å². The summed E-state index contributed by atoms with van der Waals surface area (Å²) in [6.07, 6.45) is 11.5. The molecule has 1 saturated carbocycles. The third-order valence-electron chi connectivity index (χ3n) is 5.00. The zero-order valence-corrected chi connectivity index (χ0v) is 14.9. The summed E-state index contributed by atoms with van der Waals surface area (Å²) in [4.78, 5) is 12.6. The number of benzene rings is 1. The van der Waals surface area contributed by atoms with E-state index in [9.17, 15) is 0 Å². The predicted octanol–water partition coefficient (Wildman–Crippen LogP) is 5.95. The van der Waals surface area contributed by atoms with Crippen LogP contribution in [0.3, 0.4) is 0 Å². The lowest BCUT2D eigenvalue weighted by Crippen LogP contribution is -2.13. The number of nitrogens with zero attached hydrogens (tertiary/aromatic N) is 3. The minimum Gasteiger partial charge on any atom is -0.234 e. The second kappa shape index (κ2) is 8.27. The summed E-state index contributed by atoms with van der Waals surface area (Å²) in [5.74, 6) is 2.39. The van der Waals surface area contributed by atoms with Crippen LogP contribution in [0.5, 0.6) is 0 Å². The first kappa shape index (κ1) is 16.9. The van der Waals surface area contributed by atoms with Crippen molar-refractivity contribution in [2.75, 3.05) is 0 Å². The van der Waals surface area contributed by atoms with Crippen LogP contribution in [0.15, 0.2) is 41.7 Å². The fourth-order valence-electron chi connectivity index (χ4n) is 3.68. The molecular weight excluding hydrogens is 314 g/mol. The highest BCUT2D eigenvalue weighted by atomic mass is 32.1. The Morgan fingerprint density at radius 2 is 1.75 bits per heavy atom. The summed E-state index contributed by atoms with van der Waals surface area (Å²) < 4.78 is 0. The van der Waals surface area contributed by atoms with Crippen molar-refractivity contribution < 1.29 is 0 Å². The van der Waals surface area contributed by atoms with Crippen molar-refractivity contribution in [3.63, 3.8) is 0 Å². The monoisotopic (exact) mass is 337 g/mol. The smallest absolute Gasteiger partial charge is 0.159 e. The van der Waals surface area contributed by atoms with Gasteiger partial charge < -0.3 is 0 Å². The van der Waals surface area contributed by atoms with E-state index in [-0.39, 0.29) is 0 Å². The molecule has 1 aromatic carbocycles. The molecule has 0 atom stereocenters. The first-order chi connectivity index (χ1) is 11.8. The lowest BCUT2D eigenvalue weighted by atomic mass is 9.77. The molecule has 0 saturated heterocycles. The summed E-state index contributed by atoms with van der Waals surface area (Å²) in [5.41, 5.74) is 3.13. The molecule has 3 rings (SSSR count). The minimum absolute atomic E-state index is 0.634. The number of hydrogen-bond acceptors (Lipinski definition) is 4. The highest BCUT2D eigenvalue weighted by Crippen LogP contribution is 2.37. The summed E-state index contributed by atoms with van der Waals surface area (Å²) in [5, 5.41) is 2.33. The van der Waals surface area contributed by atoms with Crippen LogP contribution in [0, 0.1) is 5.92 Å². The quantitative estimate of drug-likeness (QED) is 0.499. The van der Waals surface area contributed by atoms with Gasteiger partial charge in [0.15, 0.2) is 5.82 Å². The molecule has 0 radical (unpaired) electrons. The zero-order valence-electron chi connectivity index (χ0n) is 14.1. The SMILES string of the molecule is CCCC1CCC(c2ccc(-c3ncc(N=C=S)cn3)cc2)CC1. The lowest BCUT2D eigenvalue weighted by Gasteiger charge is -2.28. The fourth-order valence-corrected chi connectivity index (χ4v) is 3.78. The van der Waals surface area contributed by atoms with Crippen LogP contribution in [0.1, 0.15) is 56.9 Å². The van der Waals surface area contributed by atoms with E-state index in [1.807, 2.05) is 0 Å². The number of aliphatic imine (C=N–C) groups is 1. The van der Waals surface area contributed by atoms with Crippen molar-refractivity contribution in [3.05, 3.63) is 42.2 Å². The number of rotatable bonds is 5. The minimum atomic E-state index is 0.634. The molecule has 1 aliphatic rings. The van der Waals surface area contributed by atoms with Gasteiger partial charge in [0.1, 0.15) is 5.69 Å². The Hall–Kier alpha value is -1.90. The maximum absolute atomic E-state index is 4.59. The van der Waals surface area contributed by atoms with Gasteiger partial charge in [-0.25, -0.2) is 9.97 Å². The molecule has 1 heterocycles. The normalized spacial score (nSPS) is 20.4. The molecule has 0 unspecified atom stereocenters. The molecule has 1 aliphatic carbocycles. The molecule has 1 fully saturated rings. The van der Waals surface area contributed by atoms with Gasteiger partial charge in [-0.15, -0.1) is 0 Å². The number of aromatic nitrogens is 2. The molecule has 3 nitrogen and oxygen atoms in total. The van der Waals surface area contributed by atoms with Gasteiger partial charge in [0.05, 0.1) is 17.6 Å². The van der Waals surface area contributed by atoms with Crippen LogP contribution < -0.4 is 0 Å². The van der Waals surface area contributed by atoms with Gasteiger partial charge in [-0.2, -0.15) is 4.99 Å². The zero-order chi connectivity index (χ0) is 16.8. The molecule has 0 N–H and O–H groups in total. The Labute approximate surface area is 149 Å². The van der Waals surface area contributed by atoms with Gasteiger partial charge in [0, 0.05) is 5.56 Å². The van der Waals surface area contributed by atoms with Crippen molar-refractivity contribution >= 4 is 23.1 Å². The van der Waals surface area contributed by atoms with Gasteiger partial charge >= 0.3 is 0 Å². The van der Waals surface area contributed by atoms with E-state index in [0.717, 1.165) is 17.3 Å². The summed E-state index contributed by atoms with van der Waals surface area (Å²) in [6, 6.07) is 8.75. The van der Waals surface area contributed by atoms with Crippen molar-refractivity contribution in [2.45, 2.75) is 51.4 Å². The fraction of sp³-hybridized carbons (Fsp3) is 0.450. The van der Waals surface area contributed by atoms with E-state index in [2.05, 4.69) is 63.5 Å². The molecule has 2 aromatic rings. The van der Waals surface area contributed by atoms with E-state index < -0.39 is 0 Å². The second-order valence-corrected chi connectivity index (χ2v) is 6.78. The van der Waals surface area contributed by atoms with Crippen molar-refractivity contribution in [1.82, 2.24) is 9.97 Å². The van der Waals surface area contributed by atoms with Gasteiger partial charge in [0.25, 0.3) is 0 Å². The lowest BCUT2D eigenvalue weighted by molar-refractivity contribution is 0.308. The molecule has 0 bridgehead atoms. The van der Waals surface area contributed by atoms with Crippen molar-refractivity contribution in [2.24, 2.45) is 10.9 Å². The Bertz CT molecular complexity index is 695. The van der Waals surface area contributed by atoms with Gasteiger partial charge in [-0.05, 0) is 55.3 Å². The molecule has 0 aliphatic heterocycles. The van der Waals surface area contributed by atoms with Crippen LogP contribution in [-0.4, -0.2) is 15.1 Å². The average molecular weight is 337 g/mol. The molecular formula is C20H23N3S. The molecule has 4 heteroatoms. The summed E-state index contributed by atoms with van der Waals surface area (Å²) >= 11 is 4.59. The first-order valence-electron chi connectivity index (χ1n) is 8.80. The van der Waals surface area contributed by atoms with Crippen LogP contribution in [0.2, 0.25) is 0 Å². The Kier molecular flexibility index (Phi) is 5.84. The van der Waals surface area contributed by atoms with E-state index >= 15 is 0 Å². The summed E-state index contributed by atoms with van der Waals surface area (Å²) in [6.45, 7) is 2.29. The van der Waals surface area contributed by atoms with E-state index in [1.54, 1.807) is 12.4 Å². The predicted molar refractivity (Wildman–Crippen MR) is 102 cm³/mol. The third-order valence-corrected chi connectivity index (χ3v) is 5.09. The molecule has 1 aromatic heterocycles. The van der Waals surface area contributed by atoms with Crippen LogP contribution in [-0.2, 0) is 0 Å². The standard InChI is InChI=1S/C20H23N3S/c1-2-3-15-4-6-16(7-5-15)17-8-10-18(11-9-17)20-21-12-19(13-22-20)23-14-24/h8-13,15-16H,2-7H2,1H3. The van der Waals surface area contributed by atoms with Gasteiger partial charge in [0.2, 0.25) is 0 Å². The molecule has 0 spiro atoms. The van der Waals surface area contributed by atoms with Gasteiger partial charge in [-0.1, -0.05) is 44.0 Å². The first-order valence-corrected chi connectivity index (χ1v) is 9.21. The maximum Gasteiger partial charge on any atom is 0.159 e.